The lowest BCUT2D eigenvalue weighted by atomic mass is 10.2. The summed E-state index contributed by atoms with van der Waals surface area (Å²) in [6.07, 6.45) is 0.281. The Kier molecular flexibility index (Phi) is 3.82. The second-order valence-electron chi connectivity index (χ2n) is 5.14. The lowest BCUT2D eigenvalue weighted by molar-refractivity contribution is 0.00804. The van der Waals surface area contributed by atoms with E-state index in [0.29, 0.717) is 0 Å². The predicted octanol–water partition coefficient (Wildman–Crippen LogP) is 1.85. The molecule has 4 nitrogen and oxygen atoms in total. The minimum Gasteiger partial charge on any atom is -0.460 e. The van der Waals surface area contributed by atoms with E-state index in [-0.39, 0.29) is 6.10 Å². The molecule has 2 aromatic rings. The van der Waals surface area contributed by atoms with E-state index in [0.717, 1.165) is 44.1 Å². The zero-order chi connectivity index (χ0) is 13.1. The van der Waals surface area contributed by atoms with Crippen molar-refractivity contribution in [3.05, 3.63) is 36.1 Å². The molecular formula is C15H20N2O2. The number of nitrogens with one attached hydrogen (secondary N) is 1. The summed E-state index contributed by atoms with van der Waals surface area (Å²) in [5.74, 6) is 1.01. The molecule has 1 aromatic carbocycles. The van der Waals surface area contributed by atoms with Crippen molar-refractivity contribution in [2.75, 3.05) is 33.3 Å². The molecule has 0 spiro atoms. The average molecular weight is 260 g/mol. The molecule has 0 aliphatic carbocycles. The van der Waals surface area contributed by atoms with Crippen molar-refractivity contribution in [3.63, 3.8) is 0 Å². The summed E-state index contributed by atoms with van der Waals surface area (Å²) in [5.41, 5.74) is 0.960. The zero-order valence-electron chi connectivity index (χ0n) is 11.3. The Morgan fingerprint density at radius 1 is 1.37 bits per heavy atom. The third-order valence-electron chi connectivity index (χ3n) is 3.42. The Bertz CT molecular complexity index is 499. The van der Waals surface area contributed by atoms with Gasteiger partial charge in [0, 0.05) is 25.0 Å². The molecule has 0 radical (unpaired) electrons. The molecule has 1 unspecified atom stereocenters. The molecule has 1 aliphatic heterocycles. The summed E-state index contributed by atoms with van der Waals surface area (Å²) < 4.78 is 11.5. The molecule has 19 heavy (non-hydrogen) atoms. The van der Waals surface area contributed by atoms with Crippen LogP contribution in [0.1, 0.15) is 5.76 Å². The third kappa shape index (κ3) is 3.15. The maximum atomic E-state index is 5.83. The summed E-state index contributed by atoms with van der Waals surface area (Å²) in [5, 5.41) is 4.52. The monoisotopic (exact) mass is 260 g/mol. The lowest BCUT2D eigenvalue weighted by Crippen LogP contribution is -2.44. The highest BCUT2D eigenvalue weighted by Crippen LogP contribution is 2.19. The van der Waals surface area contributed by atoms with Crippen molar-refractivity contribution < 1.29 is 9.15 Å². The van der Waals surface area contributed by atoms with Crippen LogP contribution in [0.15, 0.2) is 34.7 Å². The van der Waals surface area contributed by atoms with Crippen LogP contribution >= 0.6 is 0 Å². The molecule has 0 amide bonds. The summed E-state index contributed by atoms with van der Waals surface area (Å²) in [6, 6.07) is 10.2. The van der Waals surface area contributed by atoms with Crippen molar-refractivity contribution in [1.82, 2.24) is 10.2 Å². The van der Waals surface area contributed by atoms with Gasteiger partial charge in [0.2, 0.25) is 0 Å². The molecule has 1 aromatic heterocycles. The first-order chi connectivity index (χ1) is 9.31. The third-order valence-corrected chi connectivity index (χ3v) is 3.42. The van der Waals surface area contributed by atoms with Gasteiger partial charge >= 0.3 is 0 Å². The van der Waals surface area contributed by atoms with E-state index in [2.05, 4.69) is 29.4 Å². The number of furan rings is 1. The first-order valence-electron chi connectivity index (χ1n) is 6.79. The van der Waals surface area contributed by atoms with Crippen LogP contribution in [-0.2, 0) is 11.3 Å². The molecule has 2 heterocycles. The van der Waals surface area contributed by atoms with Gasteiger partial charge < -0.3 is 14.5 Å². The normalized spacial score (nSPS) is 20.2. The van der Waals surface area contributed by atoms with Gasteiger partial charge in [-0.05, 0) is 19.2 Å². The quantitative estimate of drug-likeness (QED) is 0.910. The smallest absolute Gasteiger partial charge is 0.134 e. The lowest BCUT2D eigenvalue weighted by Gasteiger charge is -2.27. The molecule has 1 N–H and O–H groups in total. The number of morpholine rings is 1. The molecule has 4 heteroatoms. The van der Waals surface area contributed by atoms with Crippen LogP contribution in [0.2, 0.25) is 0 Å². The number of para-hydroxylation sites is 1. The molecule has 0 bridgehead atoms. The molecule has 1 atom stereocenters. The van der Waals surface area contributed by atoms with Crippen molar-refractivity contribution in [1.29, 1.82) is 0 Å². The second-order valence-corrected chi connectivity index (χ2v) is 5.14. The average Bonchev–Trinajstić information content (AvgIpc) is 2.81. The zero-order valence-corrected chi connectivity index (χ0v) is 11.3. The van der Waals surface area contributed by atoms with Gasteiger partial charge in [-0.15, -0.1) is 0 Å². The highest BCUT2D eigenvalue weighted by Gasteiger charge is 2.16. The number of benzene rings is 1. The summed E-state index contributed by atoms with van der Waals surface area (Å²) in [4.78, 5) is 2.25. The van der Waals surface area contributed by atoms with Crippen LogP contribution in [0.25, 0.3) is 11.0 Å². The molecular weight excluding hydrogens is 240 g/mol. The topological polar surface area (TPSA) is 37.6 Å². The Labute approximate surface area is 113 Å². The number of nitrogens with zero attached hydrogens (tertiary/aromatic N) is 1. The van der Waals surface area contributed by atoms with Crippen LogP contribution in [0.5, 0.6) is 0 Å². The van der Waals surface area contributed by atoms with E-state index in [9.17, 15) is 0 Å². The Balaban J connectivity index is 1.60. The number of fused-ring (bicyclic) bond motifs is 1. The van der Waals surface area contributed by atoms with Gasteiger partial charge in [-0.1, -0.05) is 18.2 Å². The fraction of sp³-hybridized carbons (Fsp3) is 0.467. The fourth-order valence-electron chi connectivity index (χ4n) is 2.53. The van der Waals surface area contributed by atoms with Gasteiger partial charge in [-0.2, -0.15) is 0 Å². The number of hydrogen-bond donors (Lipinski definition) is 1. The van der Waals surface area contributed by atoms with Gasteiger partial charge in [0.05, 0.1) is 19.3 Å². The summed E-state index contributed by atoms with van der Waals surface area (Å²) in [7, 11) is 2.10. The van der Waals surface area contributed by atoms with Gasteiger partial charge in [0.1, 0.15) is 11.3 Å². The minimum absolute atomic E-state index is 0.281. The SMILES string of the molecule is CN(Cc1cc2ccccc2o1)CC1CNCCO1. The first-order valence-corrected chi connectivity index (χ1v) is 6.79. The van der Waals surface area contributed by atoms with Crippen LogP contribution < -0.4 is 5.32 Å². The van der Waals surface area contributed by atoms with Crippen molar-refractivity contribution in [2.24, 2.45) is 0 Å². The van der Waals surface area contributed by atoms with Crippen LogP contribution in [0.3, 0.4) is 0 Å². The number of hydrogen-bond acceptors (Lipinski definition) is 4. The Morgan fingerprint density at radius 2 is 2.26 bits per heavy atom. The maximum absolute atomic E-state index is 5.83. The summed E-state index contributed by atoms with van der Waals surface area (Å²) in [6.45, 7) is 4.44. The number of ether oxygens (including phenoxy) is 1. The van der Waals surface area contributed by atoms with Gasteiger partial charge in [-0.3, -0.25) is 4.90 Å². The molecule has 1 saturated heterocycles. The largest absolute Gasteiger partial charge is 0.460 e. The van der Waals surface area contributed by atoms with E-state index >= 15 is 0 Å². The van der Waals surface area contributed by atoms with Crippen molar-refractivity contribution in [3.8, 4) is 0 Å². The first kappa shape index (κ1) is 12.7. The van der Waals surface area contributed by atoms with Crippen LogP contribution in [0, 0.1) is 0 Å². The molecule has 3 rings (SSSR count). The highest BCUT2D eigenvalue weighted by molar-refractivity contribution is 5.77. The van der Waals surface area contributed by atoms with E-state index in [1.54, 1.807) is 0 Å². The standard InChI is InChI=1S/C15H20N2O2/c1-17(11-14-9-16-6-7-18-14)10-13-8-12-4-2-3-5-15(12)19-13/h2-5,8,14,16H,6-7,9-11H2,1H3. The molecule has 0 saturated carbocycles. The van der Waals surface area contributed by atoms with E-state index in [1.165, 1.54) is 5.39 Å². The van der Waals surface area contributed by atoms with Crippen LogP contribution in [-0.4, -0.2) is 44.3 Å². The Hall–Kier alpha value is -1.36. The van der Waals surface area contributed by atoms with Crippen molar-refractivity contribution in [2.45, 2.75) is 12.6 Å². The fourth-order valence-corrected chi connectivity index (χ4v) is 2.53. The van der Waals surface area contributed by atoms with Gasteiger partial charge in [0.25, 0.3) is 0 Å². The van der Waals surface area contributed by atoms with Gasteiger partial charge in [0.15, 0.2) is 0 Å². The van der Waals surface area contributed by atoms with E-state index < -0.39 is 0 Å². The number of likely N-dealkylation sites (N-methyl/N-ethyl adjacent to an activating group) is 1. The molecule has 1 fully saturated rings. The Morgan fingerprint density at radius 3 is 3.05 bits per heavy atom. The van der Waals surface area contributed by atoms with E-state index in [4.69, 9.17) is 9.15 Å². The number of rotatable bonds is 4. The van der Waals surface area contributed by atoms with Crippen molar-refractivity contribution >= 4 is 11.0 Å². The van der Waals surface area contributed by atoms with Crippen LogP contribution in [0.4, 0.5) is 0 Å². The minimum atomic E-state index is 0.281. The second kappa shape index (κ2) is 5.74. The summed E-state index contributed by atoms with van der Waals surface area (Å²) >= 11 is 0. The van der Waals surface area contributed by atoms with E-state index in [1.807, 2.05) is 18.2 Å². The molecule has 102 valence electrons. The van der Waals surface area contributed by atoms with Gasteiger partial charge in [-0.25, -0.2) is 0 Å². The highest BCUT2D eigenvalue weighted by atomic mass is 16.5. The maximum Gasteiger partial charge on any atom is 0.134 e. The molecule has 1 aliphatic rings. The predicted molar refractivity (Wildman–Crippen MR) is 75.2 cm³/mol.